The Labute approximate surface area is 163 Å². The second kappa shape index (κ2) is 8.37. The molecule has 3 rings (SSSR count). The van der Waals surface area contributed by atoms with Gasteiger partial charge in [0, 0.05) is 22.9 Å². The van der Waals surface area contributed by atoms with Gasteiger partial charge in [-0.3, -0.25) is 9.27 Å². The molecule has 1 heterocycles. The predicted molar refractivity (Wildman–Crippen MR) is 107 cm³/mol. The van der Waals surface area contributed by atoms with Crippen molar-refractivity contribution in [2.24, 2.45) is 5.16 Å². The second-order valence-electron chi connectivity index (χ2n) is 5.89. The second-order valence-corrected chi connectivity index (χ2v) is 8.48. The van der Waals surface area contributed by atoms with Gasteiger partial charge in [0.1, 0.15) is 9.94 Å². The van der Waals surface area contributed by atoms with E-state index in [1.165, 1.54) is 23.9 Å². The van der Waals surface area contributed by atoms with Crippen LogP contribution >= 0.6 is 11.8 Å². The summed E-state index contributed by atoms with van der Waals surface area (Å²) < 4.78 is 29.8. The maximum atomic E-state index is 12.4. The Morgan fingerprint density at radius 3 is 2.04 bits per heavy atom. The molecule has 0 radical (unpaired) electrons. The summed E-state index contributed by atoms with van der Waals surface area (Å²) in [5, 5.41) is 4.37. The SMILES string of the molecule is Cc1ccc(SC(=NOS(=O)(=O)c2ccc(C)cc2)c2ccncc2)cc1. The first kappa shape index (κ1) is 19.1. The molecule has 3 aromatic rings. The highest BCUT2D eigenvalue weighted by atomic mass is 32.2. The minimum absolute atomic E-state index is 0.0614. The Balaban J connectivity index is 1.90. The third kappa shape index (κ3) is 5.18. The summed E-state index contributed by atoms with van der Waals surface area (Å²) in [6, 6.07) is 17.8. The predicted octanol–water partition coefficient (Wildman–Crippen LogP) is 4.56. The fourth-order valence-corrected chi connectivity index (χ4v) is 3.77. The lowest BCUT2D eigenvalue weighted by Crippen LogP contribution is -2.05. The van der Waals surface area contributed by atoms with Gasteiger partial charge < -0.3 is 0 Å². The lowest BCUT2D eigenvalue weighted by atomic mass is 10.2. The van der Waals surface area contributed by atoms with Crippen LogP contribution in [-0.2, 0) is 14.4 Å². The van der Waals surface area contributed by atoms with Crippen LogP contribution in [-0.4, -0.2) is 18.4 Å². The van der Waals surface area contributed by atoms with Crippen molar-refractivity contribution in [1.82, 2.24) is 4.98 Å². The van der Waals surface area contributed by atoms with E-state index in [9.17, 15) is 8.42 Å². The lowest BCUT2D eigenvalue weighted by Gasteiger charge is -2.07. The number of thioether (sulfide) groups is 1. The Morgan fingerprint density at radius 1 is 0.889 bits per heavy atom. The van der Waals surface area contributed by atoms with Gasteiger partial charge in [0.05, 0.1) is 0 Å². The first-order valence-corrected chi connectivity index (χ1v) is 10.4. The molecule has 7 heteroatoms. The van der Waals surface area contributed by atoms with Gasteiger partial charge in [0.15, 0.2) is 0 Å². The van der Waals surface area contributed by atoms with Crippen molar-refractivity contribution in [2.75, 3.05) is 0 Å². The summed E-state index contributed by atoms with van der Waals surface area (Å²) in [5.74, 6) is 0. The quantitative estimate of drug-likeness (QED) is 0.273. The van der Waals surface area contributed by atoms with Crippen molar-refractivity contribution in [3.8, 4) is 0 Å². The molecule has 0 N–H and O–H groups in total. The fourth-order valence-electron chi connectivity index (χ4n) is 2.17. The third-order valence-electron chi connectivity index (χ3n) is 3.69. The van der Waals surface area contributed by atoms with E-state index in [1.807, 2.05) is 38.1 Å². The lowest BCUT2D eigenvalue weighted by molar-refractivity contribution is 0.340. The van der Waals surface area contributed by atoms with Gasteiger partial charge in [0.2, 0.25) is 0 Å². The fraction of sp³-hybridized carbons (Fsp3) is 0.100. The maximum Gasteiger partial charge on any atom is 0.358 e. The molecule has 27 heavy (non-hydrogen) atoms. The summed E-state index contributed by atoms with van der Waals surface area (Å²) in [4.78, 5) is 4.97. The maximum absolute atomic E-state index is 12.4. The molecule has 1 aromatic heterocycles. The van der Waals surface area contributed by atoms with Crippen LogP contribution in [0.4, 0.5) is 0 Å². The number of aryl methyl sites for hydroxylation is 2. The highest BCUT2D eigenvalue weighted by molar-refractivity contribution is 8.14. The van der Waals surface area contributed by atoms with E-state index in [0.717, 1.165) is 21.6 Å². The molecule has 0 spiro atoms. The minimum atomic E-state index is -4.00. The van der Waals surface area contributed by atoms with Gasteiger partial charge in [-0.05, 0) is 50.2 Å². The zero-order chi connectivity index (χ0) is 19.3. The molecule has 0 atom stereocenters. The van der Waals surface area contributed by atoms with E-state index in [2.05, 4.69) is 10.1 Å². The number of rotatable bonds is 5. The van der Waals surface area contributed by atoms with Crippen LogP contribution in [0.3, 0.4) is 0 Å². The number of nitrogens with zero attached hydrogens (tertiary/aromatic N) is 2. The topological polar surface area (TPSA) is 68.6 Å². The van der Waals surface area contributed by atoms with E-state index in [0.29, 0.717) is 5.04 Å². The van der Waals surface area contributed by atoms with Crippen LogP contribution < -0.4 is 0 Å². The zero-order valence-corrected chi connectivity index (χ0v) is 16.5. The number of pyridine rings is 1. The Bertz CT molecular complexity index is 1030. The molecule has 0 amide bonds. The normalized spacial score (nSPS) is 12.0. The van der Waals surface area contributed by atoms with Crippen molar-refractivity contribution < 1.29 is 12.7 Å². The number of benzene rings is 2. The average molecular weight is 399 g/mol. The molecule has 0 bridgehead atoms. The molecule has 0 aliphatic rings. The van der Waals surface area contributed by atoms with Crippen LogP contribution in [0.5, 0.6) is 0 Å². The summed E-state index contributed by atoms with van der Waals surface area (Å²) >= 11 is 1.32. The van der Waals surface area contributed by atoms with Crippen molar-refractivity contribution in [3.05, 3.63) is 89.7 Å². The first-order valence-electron chi connectivity index (χ1n) is 8.17. The number of hydrogen-bond donors (Lipinski definition) is 0. The van der Waals surface area contributed by atoms with Gasteiger partial charge in [0.25, 0.3) is 0 Å². The summed E-state index contributed by atoms with van der Waals surface area (Å²) in [6.45, 7) is 3.89. The molecule has 0 unspecified atom stereocenters. The molecule has 0 saturated carbocycles. The van der Waals surface area contributed by atoms with E-state index >= 15 is 0 Å². The first-order chi connectivity index (χ1) is 12.9. The third-order valence-corrected chi connectivity index (χ3v) is 5.82. The number of aromatic nitrogens is 1. The van der Waals surface area contributed by atoms with Gasteiger partial charge >= 0.3 is 10.1 Å². The Morgan fingerprint density at radius 2 is 1.44 bits per heavy atom. The van der Waals surface area contributed by atoms with E-state index < -0.39 is 10.1 Å². The van der Waals surface area contributed by atoms with E-state index in [4.69, 9.17) is 4.28 Å². The minimum Gasteiger partial charge on any atom is -0.265 e. The van der Waals surface area contributed by atoms with Crippen LogP contribution in [0, 0.1) is 13.8 Å². The highest BCUT2D eigenvalue weighted by Crippen LogP contribution is 2.25. The molecule has 138 valence electrons. The van der Waals surface area contributed by atoms with E-state index in [-0.39, 0.29) is 4.90 Å². The van der Waals surface area contributed by atoms with Crippen molar-refractivity contribution in [1.29, 1.82) is 0 Å². The van der Waals surface area contributed by atoms with E-state index in [1.54, 1.807) is 36.7 Å². The van der Waals surface area contributed by atoms with Gasteiger partial charge in [-0.15, -0.1) is 0 Å². The molecule has 0 aliphatic carbocycles. The molecule has 0 fully saturated rings. The zero-order valence-electron chi connectivity index (χ0n) is 14.9. The molecular weight excluding hydrogens is 380 g/mol. The summed E-state index contributed by atoms with van der Waals surface area (Å²) in [6.07, 6.45) is 3.24. The molecular formula is C20H18N2O3S2. The largest absolute Gasteiger partial charge is 0.358 e. The monoisotopic (exact) mass is 398 g/mol. The van der Waals surface area contributed by atoms with Gasteiger partial charge in [-0.2, -0.15) is 8.42 Å². The van der Waals surface area contributed by atoms with Crippen LogP contribution in [0.1, 0.15) is 16.7 Å². The highest BCUT2D eigenvalue weighted by Gasteiger charge is 2.17. The Kier molecular flexibility index (Phi) is 5.93. The standard InChI is InChI=1S/C20H18N2O3S2/c1-15-3-7-18(8-4-15)26-20(17-11-13-21-14-12-17)22-25-27(23,24)19-9-5-16(2)6-10-19/h3-14H,1-2H3. The Hall–Kier alpha value is -2.64. The average Bonchev–Trinajstić information content (AvgIpc) is 2.68. The van der Waals surface area contributed by atoms with Crippen LogP contribution in [0.2, 0.25) is 0 Å². The summed E-state index contributed by atoms with van der Waals surface area (Å²) in [7, 11) is -4.00. The molecule has 0 saturated heterocycles. The molecule has 0 aliphatic heterocycles. The number of oxime groups is 1. The van der Waals surface area contributed by atoms with Crippen molar-refractivity contribution >= 4 is 26.9 Å². The van der Waals surface area contributed by atoms with Gasteiger partial charge in [-0.25, -0.2) is 0 Å². The van der Waals surface area contributed by atoms with Crippen molar-refractivity contribution in [2.45, 2.75) is 23.6 Å². The van der Waals surface area contributed by atoms with Gasteiger partial charge in [-0.1, -0.05) is 52.3 Å². The molecule has 2 aromatic carbocycles. The molecule has 5 nitrogen and oxygen atoms in total. The van der Waals surface area contributed by atoms with Crippen LogP contribution in [0.25, 0.3) is 0 Å². The summed E-state index contributed by atoms with van der Waals surface area (Å²) in [5.41, 5.74) is 2.82. The smallest absolute Gasteiger partial charge is 0.265 e. The van der Waals surface area contributed by atoms with Crippen LogP contribution in [0.15, 0.2) is 88.0 Å². The number of hydrogen-bond acceptors (Lipinski definition) is 6. The van der Waals surface area contributed by atoms with Crippen molar-refractivity contribution in [3.63, 3.8) is 0 Å².